The fourth-order valence-electron chi connectivity index (χ4n) is 2.05. The molecule has 1 fully saturated rings. The first-order valence-corrected chi connectivity index (χ1v) is 7.28. The molecular weight excluding hydrogens is 214 g/mol. The summed E-state index contributed by atoms with van der Waals surface area (Å²) in [6.07, 6.45) is 1.22. The minimum Gasteiger partial charge on any atom is -0.314 e. The summed E-state index contributed by atoms with van der Waals surface area (Å²) in [5.74, 6) is 1.92. The molecule has 1 aliphatic heterocycles. The zero-order valence-electron chi connectivity index (χ0n) is 10.2. The van der Waals surface area contributed by atoms with Gasteiger partial charge in [-0.3, -0.25) is 0 Å². The summed E-state index contributed by atoms with van der Waals surface area (Å²) in [7, 11) is 0. The fourth-order valence-corrected chi connectivity index (χ4v) is 3.19. The molecule has 1 aromatic rings. The average molecular weight is 235 g/mol. The van der Waals surface area contributed by atoms with Gasteiger partial charge in [-0.25, -0.2) is 0 Å². The highest BCUT2D eigenvalue weighted by Gasteiger charge is 2.15. The topological polar surface area (TPSA) is 12.0 Å². The van der Waals surface area contributed by atoms with Crippen molar-refractivity contribution in [2.24, 2.45) is 0 Å². The summed E-state index contributed by atoms with van der Waals surface area (Å²) in [6.45, 7) is 6.82. The Bertz CT molecular complexity index is 314. The van der Waals surface area contributed by atoms with Crippen molar-refractivity contribution in [2.75, 3.05) is 18.8 Å². The zero-order valence-corrected chi connectivity index (χ0v) is 11.0. The first-order valence-electron chi connectivity index (χ1n) is 6.23. The van der Waals surface area contributed by atoms with E-state index in [1.807, 2.05) is 0 Å². The molecular formula is C14H21NS. The number of rotatable bonds is 3. The lowest BCUT2D eigenvalue weighted by Crippen LogP contribution is -2.28. The first-order chi connectivity index (χ1) is 7.81. The van der Waals surface area contributed by atoms with E-state index in [4.69, 9.17) is 0 Å². The van der Waals surface area contributed by atoms with E-state index in [-0.39, 0.29) is 0 Å². The van der Waals surface area contributed by atoms with Crippen LogP contribution in [0.25, 0.3) is 0 Å². The lowest BCUT2D eigenvalue weighted by molar-refractivity contribution is 0.688. The average Bonchev–Trinajstić information content (AvgIpc) is 2.39. The monoisotopic (exact) mass is 235 g/mol. The second-order valence-corrected chi connectivity index (χ2v) is 5.85. The van der Waals surface area contributed by atoms with E-state index < -0.39 is 0 Å². The van der Waals surface area contributed by atoms with Crippen molar-refractivity contribution in [3.05, 3.63) is 35.4 Å². The molecule has 16 heavy (non-hydrogen) atoms. The summed E-state index contributed by atoms with van der Waals surface area (Å²) in [4.78, 5) is 0. The molecule has 1 aromatic carbocycles. The van der Waals surface area contributed by atoms with Crippen LogP contribution in [0, 0.1) is 0 Å². The molecule has 0 bridgehead atoms. The van der Waals surface area contributed by atoms with E-state index in [1.165, 1.54) is 23.3 Å². The van der Waals surface area contributed by atoms with Crippen molar-refractivity contribution < 1.29 is 0 Å². The molecule has 0 amide bonds. The van der Waals surface area contributed by atoms with Crippen LogP contribution in [0.4, 0.5) is 0 Å². The molecule has 0 aromatic heterocycles. The van der Waals surface area contributed by atoms with Crippen molar-refractivity contribution in [2.45, 2.75) is 31.4 Å². The van der Waals surface area contributed by atoms with Crippen molar-refractivity contribution >= 4 is 11.8 Å². The third kappa shape index (κ3) is 2.80. The van der Waals surface area contributed by atoms with Crippen molar-refractivity contribution in [1.82, 2.24) is 5.32 Å². The van der Waals surface area contributed by atoms with Gasteiger partial charge in [0.15, 0.2) is 0 Å². The highest BCUT2D eigenvalue weighted by Crippen LogP contribution is 2.31. The van der Waals surface area contributed by atoms with Crippen LogP contribution >= 0.6 is 11.8 Å². The second-order valence-electron chi connectivity index (χ2n) is 4.54. The summed E-state index contributed by atoms with van der Waals surface area (Å²) in [5, 5.41) is 4.11. The maximum Gasteiger partial charge on any atom is 0.0422 e. The maximum atomic E-state index is 3.46. The van der Waals surface area contributed by atoms with Gasteiger partial charge < -0.3 is 5.32 Å². The molecule has 88 valence electrons. The predicted octanol–water partition coefficient (Wildman–Crippen LogP) is 3.58. The molecule has 2 atom stereocenters. The van der Waals surface area contributed by atoms with Gasteiger partial charge in [0, 0.05) is 24.1 Å². The first kappa shape index (κ1) is 12.0. The van der Waals surface area contributed by atoms with Crippen LogP contribution in [0.5, 0.6) is 0 Å². The quantitative estimate of drug-likeness (QED) is 0.859. The van der Waals surface area contributed by atoms with Gasteiger partial charge in [-0.1, -0.05) is 38.1 Å². The van der Waals surface area contributed by atoms with Gasteiger partial charge in [0.2, 0.25) is 0 Å². The molecule has 2 unspecified atom stereocenters. The summed E-state index contributed by atoms with van der Waals surface area (Å²) < 4.78 is 0. The lowest BCUT2D eigenvalue weighted by atomic mass is 9.97. The minimum absolute atomic E-state index is 0.653. The Labute approximate surface area is 103 Å². The Balaban J connectivity index is 2.06. The van der Waals surface area contributed by atoms with E-state index >= 15 is 0 Å². The minimum atomic E-state index is 0.653. The van der Waals surface area contributed by atoms with Crippen LogP contribution in [0.2, 0.25) is 0 Å². The number of nitrogens with one attached hydrogen (secondary N) is 1. The Morgan fingerprint density at radius 1 is 1.38 bits per heavy atom. The van der Waals surface area contributed by atoms with Crippen LogP contribution in [0.1, 0.15) is 42.6 Å². The van der Waals surface area contributed by atoms with Crippen LogP contribution < -0.4 is 5.32 Å². The van der Waals surface area contributed by atoms with Gasteiger partial charge in [0.1, 0.15) is 0 Å². The van der Waals surface area contributed by atoms with Gasteiger partial charge >= 0.3 is 0 Å². The summed E-state index contributed by atoms with van der Waals surface area (Å²) in [5.41, 5.74) is 2.95. The molecule has 1 heterocycles. The van der Waals surface area contributed by atoms with Gasteiger partial charge in [-0.05, 0) is 23.5 Å². The third-order valence-corrected chi connectivity index (χ3v) is 4.70. The van der Waals surface area contributed by atoms with Gasteiger partial charge in [0.05, 0.1) is 0 Å². The molecule has 1 saturated heterocycles. The summed E-state index contributed by atoms with van der Waals surface area (Å²) >= 11 is 2.07. The number of hydrogen-bond acceptors (Lipinski definition) is 2. The third-order valence-electron chi connectivity index (χ3n) is 3.42. The molecule has 0 aliphatic carbocycles. The van der Waals surface area contributed by atoms with Crippen molar-refractivity contribution in [3.8, 4) is 0 Å². The Morgan fingerprint density at radius 3 is 2.69 bits per heavy atom. The van der Waals surface area contributed by atoms with Crippen LogP contribution in [-0.2, 0) is 0 Å². The van der Waals surface area contributed by atoms with Crippen LogP contribution in [-0.4, -0.2) is 18.8 Å². The Hall–Kier alpha value is -0.470. The van der Waals surface area contributed by atoms with Gasteiger partial charge in [-0.15, -0.1) is 0 Å². The van der Waals surface area contributed by atoms with E-state index in [0.29, 0.717) is 11.2 Å². The number of hydrogen-bond donors (Lipinski definition) is 1. The number of benzene rings is 1. The SMILES string of the molecule is CCC(C)c1ccc(C2CNCCS2)cc1. The predicted molar refractivity (Wildman–Crippen MR) is 73.2 cm³/mol. The van der Waals surface area contributed by atoms with Crippen LogP contribution in [0.3, 0.4) is 0 Å². The van der Waals surface area contributed by atoms with E-state index in [0.717, 1.165) is 13.1 Å². The lowest BCUT2D eigenvalue weighted by Gasteiger charge is -2.23. The molecule has 1 nitrogen and oxygen atoms in total. The molecule has 0 radical (unpaired) electrons. The Morgan fingerprint density at radius 2 is 2.12 bits per heavy atom. The van der Waals surface area contributed by atoms with E-state index in [2.05, 4.69) is 55.2 Å². The smallest absolute Gasteiger partial charge is 0.0422 e. The molecule has 0 spiro atoms. The Kier molecular flexibility index (Phi) is 4.30. The maximum absolute atomic E-state index is 3.46. The van der Waals surface area contributed by atoms with Crippen molar-refractivity contribution in [3.63, 3.8) is 0 Å². The largest absolute Gasteiger partial charge is 0.314 e. The zero-order chi connectivity index (χ0) is 11.4. The standard InChI is InChI=1S/C14H21NS/c1-3-11(2)12-4-6-13(7-5-12)14-10-15-8-9-16-14/h4-7,11,14-15H,3,8-10H2,1-2H3. The molecule has 0 saturated carbocycles. The molecule has 2 rings (SSSR count). The molecule has 1 N–H and O–H groups in total. The number of thioether (sulfide) groups is 1. The summed E-state index contributed by atoms with van der Waals surface area (Å²) in [6, 6.07) is 9.23. The molecule has 2 heteroatoms. The highest BCUT2D eigenvalue weighted by atomic mass is 32.2. The molecule has 1 aliphatic rings. The van der Waals surface area contributed by atoms with Gasteiger partial charge in [0.25, 0.3) is 0 Å². The van der Waals surface area contributed by atoms with Crippen molar-refractivity contribution in [1.29, 1.82) is 0 Å². The normalized spacial score (nSPS) is 23.0. The highest BCUT2D eigenvalue weighted by molar-refractivity contribution is 7.99. The van der Waals surface area contributed by atoms with E-state index in [1.54, 1.807) is 0 Å². The van der Waals surface area contributed by atoms with Gasteiger partial charge in [-0.2, -0.15) is 11.8 Å². The van der Waals surface area contributed by atoms with E-state index in [9.17, 15) is 0 Å². The second kappa shape index (κ2) is 5.74. The van der Waals surface area contributed by atoms with Crippen LogP contribution in [0.15, 0.2) is 24.3 Å². The fraction of sp³-hybridized carbons (Fsp3) is 0.571.